The molecule has 0 radical (unpaired) electrons. The fraction of sp³-hybridized carbons (Fsp3) is 0.263. The van der Waals surface area contributed by atoms with Gasteiger partial charge in [0.2, 0.25) is 5.89 Å². The molecule has 1 heterocycles. The number of carbonyl (C=O) groups excluding carboxylic acids is 1. The van der Waals surface area contributed by atoms with E-state index in [4.69, 9.17) is 27.6 Å². The minimum absolute atomic E-state index is 0.197. The van der Waals surface area contributed by atoms with E-state index in [1.165, 1.54) is 0 Å². The Balaban J connectivity index is 1.62. The average Bonchev–Trinajstić information content (AvgIpc) is 3.19. The van der Waals surface area contributed by atoms with Gasteiger partial charge in [-0.25, -0.2) is 4.98 Å². The van der Waals surface area contributed by atoms with Crippen molar-refractivity contribution in [1.82, 2.24) is 10.3 Å². The Morgan fingerprint density at radius 2 is 1.92 bits per heavy atom. The first-order valence-corrected chi connectivity index (χ1v) is 9.11. The first-order chi connectivity index (χ1) is 12.5. The number of hydrogen-bond acceptors (Lipinski definition) is 4. The second kappa shape index (κ2) is 6.91. The van der Waals surface area contributed by atoms with E-state index in [0.717, 1.165) is 19.3 Å². The Kier molecular flexibility index (Phi) is 4.61. The third kappa shape index (κ3) is 3.43. The minimum Gasteiger partial charge on any atom is -0.436 e. The number of oxazole rings is 1. The minimum atomic E-state index is -0.479. The summed E-state index contributed by atoms with van der Waals surface area (Å²) in [4.78, 5) is 16.9. The van der Waals surface area contributed by atoms with E-state index in [9.17, 15) is 9.90 Å². The molecule has 1 aliphatic rings. The number of hydrogen-bond donors (Lipinski definition) is 2. The summed E-state index contributed by atoms with van der Waals surface area (Å²) in [5.74, 6) is 0.148. The third-order valence-corrected chi connectivity index (χ3v) is 4.99. The van der Waals surface area contributed by atoms with Gasteiger partial charge in [0, 0.05) is 21.2 Å². The fourth-order valence-corrected chi connectivity index (χ4v) is 3.75. The lowest BCUT2D eigenvalue weighted by Gasteiger charge is -2.16. The molecule has 134 valence electrons. The van der Waals surface area contributed by atoms with Crippen molar-refractivity contribution in [3.63, 3.8) is 0 Å². The van der Waals surface area contributed by atoms with E-state index in [1.807, 2.05) is 0 Å². The summed E-state index contributed by atoms with van der Waals surface area (Å²) < 4.78 is 5.79. The summed E-state index contributed by atoms with van der Waals surface area (Å²) in [6.07, 6.45) is 1.94. The number of halogens is 2. The van der Waals surface area contributed by atoms with E-state index in [-0.39, 0.29) is 11.9 Å². The van der Waals surface area contributed by atoms with Gasteiger partial charge in [-0.15, -0.1) is 0 Å². The van der Waals surface area contributed by atoms with Crippen LogP contribution < -0.4 is 5.32 Å². The number of carbonyl (C=O) groups is 1. The summed E-state index contributed by atoms with van der Waals surface area (Å²) in [5, 5.41) is 13.7. The van der Waals surface area contributed by atoms with Crippen LogP contribution in [0.25, 0.3) is 22.6 Å². The van der Waals surface area contributed by atoms with Crippen LogP contribution in [0.4, 0.5) is 0 Å². The van der Waals surface area contributed by atoms with Gasteiger partial charge in [-0.2, -0.15) is 0 Å². The lowest BCUT2D eigenvalue weighted by atomic mass is 10.1. The lowest BCUT2D eigenvalue weighted by Crippen LogP contribution is -2.39. The fourth-order valence-electron chi connectivity index (χ4n) is 3.23. The molecule has 2 atom stereocenters. The van der Waals surface area contributed by atoms with E-state index < -0.39 is 6.10 Å². The molecule has 5 nitrogen and oxygen atoms in total. The zero-order valence-electron chi connectivity index (χ0n) is 13.7. The molecule has 4 rings (SSSR count). The van der Waals surface area contributed by atoms with Gasteiger partial charge in [0.15, 0.2) is 5.58 Å². The van der Waals surface area contributed by atoms with E-state index >= 15 is 0 Å². The van der Waals surface area contributed by atoms with Crippen LogP contribution in [-0.4, -0.2) is 28.1 Å². The number of amides is 1. The molecule has 1 saturated carbocycles. The second-order valence-corrected chi connectivity index (χ2v) is 7.31. The monoisotopic (exact) mass is 390 g/mol. The van der Waals surface area contributed by atoms with Crippen molar-refractivity contribution in [3.05, 3.63) is 52.0 Å². The Morgan fingerprint density at radius 3 is 2.62 bits per heavy atom. The van der Waals surface area contributed by atoms with Crippen LogP contribution >= 0.6 is 23.2 Å². The number of aromatic nitrogens is 1. The standard InChI is InChI=1S/C19H16Cl2N2O3/c20-12-6-11(7-13(21)9-12)19-23-15-5-4-10(8-17(15)26-19)18(25)22-14-2-1-3-16(14)24/h4-9,14,16,24H,1-3H2,(H,22,25)/t14-,16+/m1/s1. The van der Waals surface area contributed by atoms with Crippen LogP contribution in [0.5, 0.6) is 0 Å². The van der Waals surface area contributed by atoms with Crippen molar-refractivity contribution in [2.24, 2.45) is 0 Å². The first-order valence-electron chi connectivity index (χ1n) is 8.35. The molecule has 0 unspecified atom stereocenters. The second-order valence-electron chi connectivity index (χ2n) is 6.44. The molecule has 0 saturated heterocycles. The third-order valence-electron chi connectivity index (χ3n) is 4.56. The highest BCUT2D eigenvalue weighted by Gasteiger charge is 2.27. The average molecular weight is 391 g/mol. The van der Waals surface area contributed by atoms with Crippen molar-refractivity contribution in [2.75, 3.05) is 0 Å². The van der Waals surface area contributed by atoms with Crippen LogP contribution in [0.3, 0.4) is 0 Å². The highest BCUT2D eigenvalue weighted by molar-refractivity contribution is 6.35. The molecule has 7 heteroatoms. The Morgan fingerprint density at radius 1 is 1.15 bits per heavy atom. The van der Waals surface area contributed by atoms with Crippen molar-refractivity contribution < 1.29 is 14.3 Å². The maximum atomic E-state index is 12.4. The number of nitrogens with one attached hydrogen (secondary N) is 1. The number of fused-ring (bicyclic) bond motifs is 1. The Hall–Kier alpha value is -2.08. The summed E-state index contributed by atoms with van der Waals surface area (Å²) in [5.41, 5.74) is 2.26. The van der Waals surface area contributed by atoms with E-state index in [1.54, 1.807) is 36.4 Å². The number of nitrogens with zero attached hydrogens (tertiary/aromatic N) is 1. The molecular formula is C19H16Cl2N2O3. The van der Waals surface area contributed by atoms with Gasteiger partial charge in [-0.3, -0.25) is 4.79 Å². The topological polar surface area (TPSA) is 75.4 Å². The van der Waals surface area contributed by atoms with E-state index in [0.29, 0.717) is 38.2 Å². The molecule has 2 aromatic carbocycles. The van der Waals surface area contributed by atoms with Crippen molar-refractivity contribution >= 4 is 40.2 Å². The number of benzene rings is 2. The van der Waals surface area contributed by atoms with Gasteiger partial charge in [0.1, 0.15) is 5.52 Å². The predicted octanol–water partition coefficient (Wildman–Crippen LogP) is 4.44. The van der Waals surface area contributed by atoms with Gasteiger partial charge in [0.05, 0.1) is 12.1 Å². The maximum Gasteiger partial charge on any atom is 0.251 e. The predicted molar refractivity (Wildman–Crippen MR) is 101 cm³/mol. The first kappa shape index (κ1) is 17.3. The highest BCUT2D eigenvalue weighted by atomic mass is 35.5. The van der Waals surface area contributed by atoms with Crippen LogP contribution in [0, 0.1) is 0 Å². The summed E-state index contributed by atoms with van der Waals surface area (Å²) >= 11 is 12.1. The summed E-state index contributed by atoms with van der Waals surface area (Å²) in [6.45, 7) is 0. The SMILES string of the molecule is O=C(N[C@@H]1CCC[C@@H]1O)c1ccc2nc(-c3cc(Cl)cc(Cl)c3)oc2c1. The molecule has 1 aliphatic carbocycles. The maximum absolute atomic E-state index is 12.4. The van der Waals surface area contributed by atoms with Crippen molar-refractivity contribution in [2.45, 2.75) is 31.4 Å². The molecule has 26 heavy (non-hydrogen) atoms. The van der Waals surface area contributed by atoms with Gasteiger partial charge >= 0.3 is 0 Å². The van der Waals surface area contributed by atoms with Crippen LogP contribution in [0.15, 0.2) is 40.8 Å². The zero-order chi connectivity index (χ0) is 18.3. The molecular weight excluding hydrogens is 375 g/mol. The van der Waals surface area contributed by atoms with Gasteiger partial charge < -0.3 is 14.8 Å². The summed E-state index contributed by atoms with van der Waals surface area (Å²) in [6, 6.07) is 9.94. The molecule has 1 amide bonds. The number of rotatable bonds is 3. The largest absolute Gasteiger partial charge is 0.436 e. The van der Waals surface area contributed by atoms with Gasteiger partial charge in [-0.05, 0) is 55.7 Å². The lowest BCUT2D eigenvalue weighted by molar-refractivity contribution is 0.0873. The Labute approximate surface area is 159 Å². The molecule has 1 fully saturated rings. The number of aliphatic hydroxyl groups excluding tert-OH is 1. The number of aliphatic hydroxyl groups is 1. The van der Waals surface area contributed by atoms with Crippen LogP contribution in [-0.2, 0) is 0 Å². The quantitative estimate of drug-likeness (QED) is 0.692. The molecule has 3 aromatic rings. The van der Waals surface area contributed by atoms with Crippen LogP contribution in [0.1, 0.15) is 29.6 Å². The van der Waals surface area contributed by atoms with Crippen molar-refractivity contribution in [1.29, 1.82) is 0 Å². The molecule has 0 aliphatic heterocycles. The van der Waals surface area contributed by atoms with Crippen LogP contribution in [0.2, 0.25) is 10.0 Å². The van der Waals surface area contributed by atoms with Gasteiger partial charge in [0.25, 0.3) is 5.91 Å². The molecule has 2 N–H and O–H groups in total. The van der Waals surface area contributed by atoms with Gasteiger partial charge in [-0.1, -0.05) is 23.2 Å². The zero-order valence-corrected chi connectivity index (χ0v) is 15.2. The Bertz CT molecular complexity index is 966. The normalized spacial score (nSPS) is 19.8. The molecule has 1 aromatic heterocycles. The highest BCUT2D eigenvalue weighted by Crippen LogP contribution is 2.29. The summed E-state index contributed by atoms with van der Waals surface area (Å²) in [7, 11) is 0. The smallest absolute Gasteiger partial charge is 0.251 e. The molecule has 0 bridgehead atoms. The van der Waals surface area contributed by atoms with Crippen molar-refractivity contribution in [3.8, 4) is 11.5 Å². The van der Waals surface area contributed by atoms with E-state index in [2.05, 4.69) is 10.3 Å². The molecule has 0 spiro atoms.